The van der Waals surface area contributed by atoms with Gasteiger partial charge in [-0.3, -0.25) is 0 Å². The number of H-pyrrole nitrogens is 1. The summed E-state index contributed by atoms with van der Waals surface area (Å²) in [6.07, 6.45) is 0. The molecule has 0 atom stereocenters. The van der Waals surface area contributed by atoms with Crippen molar-refractivity contribution in [3.63, 3.8) is 0 Å². The molecule has 4 heteroatoms. The molecule has 1 heterocycles. The lowest BCUT2D eigenvalue weighted by Crippen LogP contribution is -1.81. The fourth-order valence-corrected chi connectivity index (χ4v) is 2.33. The van der Waals surface area contributed by atoms with Gasteiger partial charge in [0, 0.05) is 10.0 Å². The SMILES string of the molecule is Oc1ccc(-c2nc3ccccc3[nH]2)c(Br)c1. The third kappa shape index (κ3) is 1.80. The standard InChI is InChI=1S/C13H9BrN2O/c14-10-7-8(17)5-6-9(10)13-15-11-3-1-2-4-12(11)16-13/h1-7,17H,(H,15,16). The van der Waals surface area contributed by atoms with Gasteiger partial charge in [0.15, 0.2) is 0 Å². The fraction of sp³-hybridized carbons (Fsp3) is 0. The molecule has 84 valence electrons. The van der Waals surface area contributed by atoms with Gasteiger partial charge >= 0.3 is 0 Å². The van der Waals surface area contributed by atoms with E-state index in [-0.39, 0.29) is 5.75 Å². The van der Waals surface area contributed by atoms with Crippen LogP contribution in [-0.4, -0.2) is 15.1 Å². The van der Waals surface area contributed by atoms with E-state index in [0.717, 1.165) is 26.9 Å². The van der Waals surface area contributed by atoms with E-state index in [0.29, 0.717) is 0 Å². The quantitative estimate of drug-likeness (QED) is 0.717. The van der Waals surface area contributed by atoms with Crippen LogP contribution < -0.4 is 0 Å². The van der Waals surface area contributed by atoms with E-state index in [4.69, 9.17) is 0 Å². The van der Waals surface area contributed by atoms with Crippen molar-refractivity contribution in [2.45, 2.75) is 0 Å². The molecule has 0 saturated carbocycles. The van der Waals surface area contributed by atoms with Crippen LogP contribution in [0.15, 0.2) is 46.9 Å². The Hall–Kier alpha value is -1.81. The minimum absolute atomic E-state index is 0.233. The Morgan fingerprint density at radius 2 is 1.94 bits per heavy atom. The molecule has 2 N–H and O–H groups in total. The Balaban J connectivity index is 2.20. The van der Waals surface area contributed by atoms with Crippen molar-refractivity contribution in [2.24, 2.45) is 0 Å². The number of hydrogen-bond donors (Lipinski definition) is 2. The molecule has 0 spiro atoms. The number of phenolic OH excluding ortho intramolecular Hbond substituents is 1. The third-order valence-corrected chi connectivity index (χ3v) is 3.25. The molecular weight excluding hydrogens is 280 g/mol. The van der Waals surface area contributed by atoms with Crippen LogP contribution in [0, 0.1) is 0 Å². The number of benzene rings is 2. The first-order valence-corrected chi connectivity index (χ1v) is 5.97. The summed E-state index contributed by atoms with van der Waals surface area (Å²) in [5, 5.41) is 9.36. The molecule has 17 heavy (non-hydrogen) atoms. The zero-order valence-corrected chi connectivity index (χ0v) is 10.4. The molecule has 3 nitrogen and oxygen atoms in total. The maximum absolute atomic E-state index is 9.36. The van der Waals surface area contributed by atoms with Crippen molar-refractivity contribution >= 4 is 27.0 Å². The molecule has 0 radical (unpaired) electrons. The van der Waals surface area contributed by atoms with Gasteiger partial charge in [-0.25, -0.2) is 4.98 Å². The van der Waals surface area contributed by atoms with Gasteiger partial charge < -0.3 is 10.1 Å². The molecule has 0 unspecified atom stereocenters. The summed E-state index contributed by atoms with van der Waals surface area (Å²) in [6, 6.07) is 13.0. The third-order valence-electron chi connectivity index (χ3n) is 2.60. The molecule has 0 bridgehead atoms. The number of nitrogens with one attached hydrogen (secondary N) is 1. The number of nitrogens with zero attached hydrogens (tertiary/aromatic N) is 1. The molecule has 0 amide bonds. The van der Waals surface area contributed by atoms with Gasteiger partial charge in [0.1, 0.15) is 11.6 Å². The minimum atomic E-state index is 0.233. The fourth-order valence-electron chi connectivity index (χ4n) is 1.78. The summed E-state index contributed by atoms with van der Waals surface area (Å²) in [5.74, 6) is 1.02. The average Bonchev–Trinajstić information content (AvgIpc) is 2.72. The van der Waals surface area contributed by atoms with Crippen molar-refractivity contribution in [1.82, 2.24) is 9.97 Å². The monoisotopic (exact) mass is 288 g/mol. The van der Waals surface area contributed by atoms with Crippen molar-refractivity contribution in [2.75, 3.05) is 0 Å². The van der Waals surface area contributed by atoms with E-state index in [2.05, 4.69) is 25.9 Å². The van der Waals surface area contributed by atoms with Crippen LogP contribution >= 0.6 is 15.9 Å². The van der Waals surface area contributed by atoms with Crippen molar-refractivity contribution in [3.05, 3.63) is 46.9 Å². The lowest BCUT2D eigenvalue weighted by molar-refractivity contribution is 0.475. The highest BCUT2D eigenvalue weighted by Gasteiger charge is 2.08. The lowest BCUT2D eigenvalue weighted by Gasteiger charge is -2.00. The molecule has 3 aromatic rings. The molecule has 0 aliphatic carbocycles. The highest BCUT2D eigenvalue weighted by Crippen LogP contribution is 2.30. The largest absolute Gasteiger partial charge is 0.508 e. The van der Waals surface area contributed by atoms with Gasteiger partial charge in [-0.05, 0) is 46.3 Å². The number of fused-ring (bicyclic) bond motifs is 1. The van der Waals surface area contributed by atoms with Gasteiger partial charge in [0.25, 0.3) is 0 Å². The van der Waals surface area contributed by atoms with Crippen LogP contribution in [0.1, 0.15) is 0 Å². The topological polar surface area (TPSA) is 48.9 Å². The molecule has 0 aliphatic rings. The van der Waals surface area contributed by atoms with E-state index in [9.17, 15) is 5.11 Å². The normalized spacial score (nSPS) is 10.9. The predicted octanol–water partition coefficient (Wildman–Crippen LogP) is 3.70. The number of imidazole rings is 1. The van der Waals surface area contributed by atoms with Crippen molar-refractivity contribution < 1.29 is 5.11 Å². The lowest BCUT2D eigenvalue weighted by atomic mass is 10.2. The minimum Gasteiger partial charge on any atom is -0.508 e. The summed E-state index contributed by atoms with van der Waals surface area (Å²) >= 11 is 3.42. The van der Waals surface area contributed by atoms with Crippen LogP contribution in [0.25, 0.3) is 22.4 Å². The number of halogens is 1. The second-order valence-corrected chi connectivity index (χ2v) is 4.62. The van der Waals surface area contributed by atoms with Gasteiger partial charge in [-0.2, -0.15) is 0 Å². The summed E-state index contributed by atoms with van der Waals surface area (Å²) in [5.41, 5.74) is 2.86. The predicted molar refractivity (Wildman–Crippen MR) is 70.9 cm³/mol. The molecule has 0 aliphatic heterocycles. The maximum Gasteiger partial charge on any atom is 0.139 e. The van der Waals surface area contributed by atoms with Gasteiger partial charge in [0.2, 0.25) is 0 Å². The number of hydrogen-bond acceptors (Lipinski definition) is 2. The van der Waals surface area contributed by atoms with Crippen LogP contribution in [-0.2, 0) is 0 Å². The first kappa shape index (κ1) is 10.4. The van der Waals surface area contributed by atoms with E-state index < -0.39 is 0 Å². The first-order valence-electron chi connectivity index (χ1n) is 5.18. The second kappa shape index (κ2) is 3.89. The molecule has 0 fully saturated rings. The van der Waals surface area contributed by atoms with Crippen molar-refractivity contribution in [1.29, 1.82) is 0 Å². The van der Waals surface area contributed by atoms with Gasteiger partial charge in [-0.15, -0.1) is 0 Å². The second-order valence-electron chi connectivity index (χ2n) is 3.77. The Kier molecular flexibility index (Phi) is 2.37. The number of rotatable bonds is 1. The van der Waals surface area contributed by atoms with Gasteiger partial charge in [-0.1, -0.05) is 12.1 Å². The Morgan fingerprint density at radius 3 is 2.71 bits per heavy atom. The van der Waals surface area contributed by atoms with Gasteiger partial charge in [0.05, 0.1) is 11.0 Å². The maximum atomic E-state index is 9.36. The molecule has 2 aromatic carbocycles. The Bertz CT molecular complexity index is 658. The summed E-state index contributed by atoms with van der Waals surface area (Å²) < 4.78 is 0.816. The highest BCUT2D eigenvalue weighted by molar-refractivity contribution is 9.10. The van der Waals surface area contributed by atoms with Crippen molar-refractivity contribution in [3.8, 4) is 17.1 Å². The Morgan fingerprint density at radius 1 is 1.12 bits per heavy atom. The number of aromatic nitrogens is 2. The van der Waals surface area contributed by atoms with Crippen LogP contribution in [0.3, 0.4) is 0 Å². The van der Waals surface area contributed by atoms with E-state index in [1.54, 1.807) is 12.1 Å². The van der Waals surface area contributed by atoms with E-state index in [1.165, 1.54) is 0 Å². The zero-order valence-electron chi connectivity index (χ0n) is 8.81. The van der Waals surface area contributed by atoms with Crippen LogP contribution in [0.4, 0.5) is 0 Å². The molecule has 3 rings (SSSR count). The number of phenols is 1. The summed E-state index contributed by atoms with van der Waals surface area (Å²) in [7, 11) is 0. The summed E-state index contributed by atoms with van der Waals surface area (Å²) in [6.45, 7) is 0. The highest BCUT2D eigenvalue weighted by atomic mass is 79.9. The zero-order chi connectivity index (χ0) is 11.8. The number of aromatic amines is 1. The number of para-hydroxylation sites is 2. The summed E-state index contributed by atoms with van der Waals surface area (Å²) in [4.78, 5) is 7.76. The first-order chi connectivity index (χ1) is 8.24. The number of aromatic hydroxyl groups is 1. The Labute approximate surface area is 106 Å². The van der Waals surface area contributed by atoms with Crippen LogP contribution in [0.5, 0.6) is 5.75 Å². The average molecular weight is 289 g/mol. The molecule has 0 saturated heterocycles. The van der Waals surface area contributed by atoms with E-state index in [1.807, 2.05) is 30.3 Å². The van der Waals surface area contributed by atoms with E-state index >= 15 is 0 Å². The molecule has 1 aromatic heterocycles. The van der Waals surface area contributed by atoms with Crippen LogP contribution in [0.2, 0.25) is 0 Å². The molecular formula is C13H9BrN2O. The smallest absolute Gasteiger partial charge is 0.139 e.